The Morgan fingerprint density at radius 3 is 2.50 bits per heavy atom. The van der Waals surface area contributed by atoms with Crippen molar-refractivity contribution in [3.63, 3.8) is 0 Å². The first-order chi connectivity index (χ1) is 11.4. The Kier molecular flexibility index (Phi) is 5.52. The van der Waals surface area contributed by atoms with Crippen LogP contribution in [0.4, 0.5) is 10.1 Å². The highest BCUT2D eigenvalue weighted by Crippen LogP contribution is 2.15. The van der Waals surface area contributed by atoms with E-state index in [0.717, 1.165) is 23.3 Å². The van der Waals surface area contributed by atoms with Crippen LogP contribution in [0.1, 0.15) is 28.4 Å². The zero-order chi connectivity index (χ0) is 17.7. The van der Waals surface area contributed by atoms with Crippen molar-refractivity contribution in [3.05, 3.63) is 65.0 Å². The lowest BCUT2D eigenvalue weighted by Crippen LogP contribution is -2.35. The maximum absolute atomic E-state index is 13.0. The molecule has 0 heterocycles. The number of nitrogens with two attached hydrogens (primary N) is 1. The van der Waals surface area contributed by atoms with Crippen LogP contribution in [0.25, 0.3) is 0 Å². The Morgan fingerprint density at radius 2 is 1.88 bits per heavy atom. The van der Waals surface area contributed by atoms with E-state index in [1.165, 1.54) is 13.0 Å². The average molecular weight is 330 g/mol. The Hall–Kier alpha value is -2.89. The number of esters is 1. The van der Waals surface area contributed by atoms with Crippen LogP contribution in [0.2, 0.25) is 0 Å². The summed E-state index contributed by atoms with van der Waals surface area (Å²) < 4.78 is 18.1. The molecule has 2 aromatic rings. The molecule has 0 unspecified atom stereocenters. The molecule has 0 aliphatic carbocycles. The monoisotopic (exact) mass is 330 g/mol. The number of nitrogen functional groups attached to an aromatic ring is 1. The normalized spacial score (nSPS) is 11.6. The lowest BCUT2D eigenvalue weighted by molar-refractivity contribution is -0.129. The van der Waals surface area contributed by atoms with Gasteiger partial charge in [0.2, 0.25) is 0 Å². The number of rotatable bonds is 5. The number of benzene rings is 2. The second-order valence-electron chi connectivity index (χ2n) is 5.48. The molecule has 5 nitrogen and oxygen atoms in total. The summed E-state index contributed by atoms with van der Waals surface area (Å²) in [6, 6.07) is 11.1. The van der Waals surface area contributed by atoms with Crippen molar-refractivity contribution in [1.82, 2.24) is 5.32 Å². The van der Waals surface area contributed by atoms with Crippen molar-refractivity contribution >= 4 is 17.6 Å². The third-order valence-electron chi connectivity index (χ3n) is 3.47. The fraction of sp³-hybridized carbons (Fsp3) is 0.222. The number of hydrogen-bond donors (Lipinski definition) is 2. The quantitative estimate of drug-likeness (QED) is 0.652. The molecule has 1 atom stereocenters. The Bertz CT molecular complexity index is 744. The standard InChI is InChI=1S/C18H19FN2O3/c1-11-3-5-13(6-4-11)10-21-17(22)12(2)24-18(23)15-8-7-14(19)9-16(15)20/h3-9,12H,10,20H2,1-2H3,(H,21,22)/t12-/m1/s1. The fourth-order valence-corrected chi connectivity index (χ4v) is 2.04. The molecule has 0 aromatic heterocycles. The molecular formula is C18H19FN2O3. The molecule has 0 spiro atoms. The van der Waals surface area contributed by atoms with Crippen molar-refractivity contribution in [2.45, 2.75) is 26.5 Å². The molecule has 0 bridgehead atoms. The first-order valence-corrected chi connectivity index (χ1v) is 7.46. The maximum atomic E-state index is 13.0. The highest BCUT2D eigenvalue weighted by molar-refractivity contribution is 5.96. The van der Waals surface area contributed by atoms with Crippen LogP contribution >= 0.6 is 0 Å². The van der Waals surface area contributed by atoms with Gasteiger partial charge in [-0.1, -0.05) is 29.8 Å². The number of aryl methyl sites for hydroxylation is 1. The Balaban J connectivity index is 1.90. The van der Waals surface area contributed by atoms with Gasteiger partial charge >= 0.3 is 5.97 Å². The van der Waals surface area contributed by atoms with E-state index < -0.39 is 23.8 Å². The van der Waals surface area contributed by atoms with Crippen molar-refractivity contribution in [1.29, 1.82) is 0 Å². The van der Waals surface area contributed by atoms with Crippen LogP contribution in [-0.4, -0.2) is 18.0 Å². The van der Waals surface area contributed by atoms with Gasteiger partial charge in [-0.05, 0) is 37.6 Å². The van der Waals surface area contributed by atoms with Gasteiger partial charge in [0.1, 0.15) is 5.82 Å². The number of amides is 1. The summed E-state index contributed by atoms with van der Waals surface area (Å²) in [6.45, 7) is 3.77. The molecule has 126 valence electrons. The minimum absolute atomic E-state index is 0.0228. The molecule has 1 amide bonds. The molecule has 24 heavy (non-hydrogen) atoms. The predicted molar refractivity (Wildman–Crippen MR) is 88.7 cm³/mol. The topological polar surface area (TPSA) is 81.4 Å². The zero-order valence-electron chi connectivity index (χ0n) is 13.5. The summed E-state index contributed by atoms with van der Waals surface area (Å²) in [5, 5.41) is 2.69. The molecule has 6 heteroatoms. The third-order valence-corrected chi connectivity index (χ3v) is 3.47. The molecule has 0 saturated carbocycles. The first kappa shape index (κ1) is 17.5. The van der Waals surface area contributed by atoms with Crippen LogP contribution in [0.5, 0.6) is 0 Å². The van der Waals surface area contributed by atoms with E-state index in [1.54, 1.807) is 0 Å². The summed E-state index contributed by atoms with van der Waals surface area (Å²) >= 11 is 0. The fourth-order valence-electron chi connectivity index (χ4n) is 2.04. The molecular weight excluding hydrogens is 311 g/mol. The first-order valence-electron chi connectivity index (χ1n) is 7.46. The minimum atomic E-state index is -0.993. The molecule has 0 radical (unpaired) electrons. The number of carbonyl (C=O) groups excluding carboxylic acids is 2. The highest BCUT2D eigenvalue weighted by Gasteiger charge is 2.20. The lowest BCUT2D eigenvalue weighted by Gasteiger charge is -2.14. The average Bonchev–Trinajstić information content (AvgIpc) is 2.53. The summed E-state index contributed by atoms with van der Waals surface area (Å²) in [6.07, 6.45) is -0.993. The SMILES string of the molecule is Cc1ccc(CNC(=O)[C@@H](C)OC(=O)c2ccc(F)cc2N)cc1. The van der Waals surface area contributed by atoms with Crippen LogP contribution in [0.3, 0.4) is 0 Å². The highest BCUT2D eigenvalue weighted by atomic mass is 19.1. The summed E-state index contributed by atoms with van der Waals surface area (Å²) in [7, 11) is 0. The zero-order valence-corrected chi connectivity index (χ0v) is 13.5. The van der Waals surface area contributed by atoms with Crippen molar-refractivity contribution in [2.24, 2.45) is 0 Å². The van der Waals surface area contributed by atoms with Crippen LogP contribution in [0.15, 0.2) is 42.5 Å². The van der Waals surface area contributed by atoms with Gasteiger partial charge in [0.25, 0.3) is 5.91 Å². The molecule has 0 fully saturated rings. The largest absolute Gasteiger partial charge is 0.449 e. The van der Waals surface area contributed by atoms with Gasteiger partial charge in [-0.15, -0.1) is 0 Å². The van der Waals surface area contributed by atoms with E-state index >= 15 is 0 Å². The molecule has 3 N–H and O–H groups in total. The Morgan fingerprint density at radius 1 is 1.21 bits per heavy atom. The number of anilines is 1. The van der Waals surface area contributed by atoms with Crippen molar-refractivity contribution in [2.75, 3.05) is 5.73 Å². The van der Waals surface area contributed by atoms with Gasteiger partial charge in [-0.25, -0.2) is 9.18 Å². The van der Waals surface area contributed by atoms with Crippen LogP contribution in [0, 0.1) is 12.7 Å². The van der Waals surface area contributed by atoms with E-state index in [0.29, 0.717) is 6.54 Å². The van der Waals surface area contributed by atoms with Gasteiger partial charge < -0.3 is 15.8 Å². The van der Waals surface area contributed by atoms with Gasteiger partial charge in [-0.2, -0.15) is 0 Å². The minimum Gasteiger partial charge on any atom is -0.449 e. The van der Waals surface area contributed by atoms with E-state index in [1.807, 2.05) is 31.2 Å². The molecule has 2 aromatic carbocycles. The molecule has 2 rings (SSSR count). The van der Waals surface area contributed by atoms with Gasteiger partial charge in [0.15, 0.2) is 6.10 Å². The predicted octanol–water partition coefficient (Wildman–Crippen LogP) is 2.58. The molecule has 0 saturated heterocycles. The summed E-state index contributed by atoms with van der Waals surface area (Å²) in [5.41, 5.74) is 7.64. The number of carbonyl (C=O) groups is 2. The molecule has 0 aliphatic heterocycles. The molecule has 0 aliphatic rings. The summed E-state index contributed by atoms with van der Waals surface area (Å²) in [5.74, 6) is -1.75. The van der Waals surface area contributed by atoms with Gasteiger partial charge in [0.05, 0.1) is 5.56 Å². The maximum Gasteiger partial charge on any atom is 0.341 e. The second kappa shape index (κ2) is 7.59. The van der Waals surface area contributed by atoms with Crippen molar-refractivity contribution in [3.8, 4) is 0 Å². The number of ether oxygens (including phenoxy) is 1. The number of halogens is 1. The second-order valence-corrected chi connectivity index (χ2v) is 5.48. The van der Waals surface area contributed by atoms with E-state index in [9.17, 15) is 14.0 Å². The third kappa shape index (κ3) is 4.55. The van der Waals surface area contributed by atoms with E-state index in [-0.39, 0.29) is 11.3 Å². The van der Waals surface area contributed by atoms with Crippen LogP contribution < -0.4 is 11.1 Å². The number of nitrogens with one attached hydrogen (secondary N) is 1. The summed E-state index contributed by atoms with van der Waals surface area (Å²) in [4.78, 5) is 24.0. The van der Waals surface area contributed by atoms with Gasteiger partial charge in [-0.3, -0.25) is 4.79 Å². The Labute approximate surface area is 139 Å². The van der Waals surface area contributed by atoms with Crippen LogP contribution in [-0.2, 0) is 16.1 Å². The van der Waals surface area contributed by atoms with E-state index in [2.05, 4.69) is 5.32 Å². The number of hydrogen-bond acceptors (Lipinski definition) is 4. The lowest BCUT2D eigenvalue weighted by atomic mass is 10.1. The van der Waals surface area contributed by atoms with E-state index in [4.69, 9.17) is 10.5 Å². The van der Waals surface area contributed by atoms with Gasteiger partial charge in [0, 0.05) is 12.2 Å². The van der Waals surface area contributed by atoms with Crippen molar-refractivity contribution < 1.29 is 18.7 Å². The smallest absolute Gasteiger partial charge is 0.341 e.